The van der Waals surface area contributed by atoms with E-state index in [-0.39, 0.29) is 0 Å². The average Bonchev–Trinajstić information content (AvgIpc) is 2.78. The molecule has 2 aromatic heterocycles. The Hall–Kier alpha value is -2.13. The fraction of sp³-hybridized carbons (Fsp3) is 0.133. The molecule has 0 fully saturated rings. The van der Waals surface area contributed by atoms with Crippen LogP contribution in [0.1, 0.15) is 17.1 Å². The molecule has 0 amide bonds. The van der Waals surface area contributed by atoms with Gasteiger partial charge >= 0.3 is 0 Å². The Kier molecular flexibility index (Phi) is 2.82. The van der Waals surface area contributed by atoms with Gasteiger partial charge < -0.3 is 10.1 Å². The topological polar surface area (TPSA) is 43.3 Å². The summed E-state index contributed by atoms with van der Waals surface area (Å²) in [6.07, 6.45) is 2.85. The van der Waals surface area contributed by atoms with Gasteiger partial charge in [0.25, 0.3) is 0 Å². The second kappa shape index (κ2) is 4.63. The number of nitrogens with zero attached hydrogens (tertiary/aromatic N) is 2. The van der Waals surface area contributed by atoms with E-state index in [9.17, 15) is 0 Å². The highest BCUT2D eigenvalue weighted by molar-refractivity contribution is 5.54. The lowest BCUT2D eigenvalue weighted by molar-refractivity contribution is 0.895. The molecule has 0 aliphatic rings. The van der Waals surface area contributed by atoms with E-state index in [0.29, 0.717) is 6.54 Å². The Bertz CT molecular complexity index is 656. The van der Waals surface area contributed by atoms with Crippen LogP contribution in [0.25, 0.3) is 5.52 Å². The van der Waals surface area contributed by atoms with Crippen molar-refractivity contribution >= 4 is 5.52 Å². The molecule has 2 heterocycles. The van der Waals surface area contributed by atoms with Crippen LogP contribution in [0.2, 0.25) is 0 Å². The van der Waals surface area contributed by atoms with Crippen LogP contribution >= 0.6 is 0 Å². The Morgan fingerprint density at radius 2 is 1.78 bits per heavy atom. The van der Waals surface area contributed by atoms with Gasteiger partial charge in [0.1, 0.15) is 5.82 Å². The number of aromatic nitrogens is 2. The minimum atomic E-state index is 0.458. The fourth-order valence-corrected chi connectivity index (χ4v) is 2.23. The van der Waals surface area contributed by atoms with E-state index in [2.05, 4.69) is 39.7 Å². The van der Waals surface area contributed by atoms with E-state index < -0.39 is 0 Å². The molecule has 3 aromatic rings. The van der Waals surface area contributed by atoms with E-state index in [1.807, 2.05) is 24.4 Å². The molecular formula is C15H15N3. The zero-order chi connectivity index (χ0) is 12.4. The maximum Gasteiger partial charge on any atom is 0.127 e. The summed E-state index contributed by atoms with van der Waals surface area (Å²) in [4.78, 5) is 4.64. The molecule has 1 aromatic carbocycles. The molecule has 0 saturated carbocycles. The van der Waals surface area contributed by atoms with Crippen molar-refractivity contribution in [3.05, 3.63) is 71.8 Å². The quantitative estimate of drug-likeness (QED) is 0.760. The second-order valence-electron chi connectivity index (χ2n) is 4.30. The summed E-state index contributed by atoms with van der Waals surface area (Å²) < 4.78 is 2.07. The summed E-state index contributed by atoms with van der Waals surface area (Å²) in [6, 6.07) is 16.5. The van der Waals surface area contributed by atoms with Crippen LogP contribution in [0.3, 0.4) is 0 Å². The molecule has 0 spiro atoms. The van der Waals surface area contributed by atoms with E-state index in [1.54, 1.807) is 0 Å². The third-order valence-electron chi connectivity index (χ3n) is 3.09. The number of pyridine rings is 1. The van der Waals surface area contributed by atoms with E-state index >= 15 is 0 Å². The fourth-order valence-electron chi connectivity index (χ4n) is 2.23. The van der Waals surface area contributed by atoms with E-state index in [4.69, 9.17) is 5.73 Å². The molecule has 3 heteroatoms. The first-order valence-electron chi connectivity index (χ1n) is 6.07. The van der Waals surface area contributed by atoms with Crippen LogP contribution < -0.4 is 5.73 Å². The maximum absolute atomic E-state index is 5.74. The van der Waals surface area contributed by atoms with Gasteiger partial charge in [0.15, 0.2) is 0 Å². The molecule has 0 aliphatic heterocycles. The van der Waals surface area contributed by atoms with Gasteiger partial charge in [0.2, 0.25) is 0 Å². The molecule has 0 bridgehead atoms. The SMILES string of the molecule is NCc1nc(Cc2ccccc2)c2ccccn12. The molecule has 2 N–H and O–H groups in total. The van der Waals surface area contributed by atoms with Crippen LogP contribution in [-0.2, 0) is 13.0 Å². The molecule has 3 nitrogen and oxygen atoms in total. The highest BCUT2D eigenvalue weighted by Crippen LogP contribution is 2.16. The van der Waals surface area contributed by atoms with Gasteiger partial charge in [-0.25, -0.2) is 4.98 Å². The minimum Gasteiger partial charge on any atom is -0.324 e. The van der Waals surface area contributed by atoms with Crippen LogP contribution in [0.5, 0.6) is 0 Å². The van der Waals surface area contributed by atoms with E-state index in [1.165, 1.54) is 5.56 Å². The van der Waals surface area contributed by atoms with Gasteiger partial charge in [-0.3, -0.25) is 0 Å². The highest BCUT2D eigenvalue weighted by Gasteiger charge is 2.09. The van der Waals surface area contributed by atoms with Crippen molar-refractivity contribution in [3.63, 3.8) is 0 Å². The summed E-state index contributed by atoms with van der Waals surface area (Å²) >= 11 is 0. The molecule has 0 aliphatic carbocycles. The summed E-state index contributed by atoms with van der Waals surface area (Å²) in [5.74, 6) is 0.913. The van der Waals surface area contributed by atoms with Crippen molar-refractivity contribution < 1.29 is 0 Å². The molecular weight excluding hydrogens is 222 g/mol. The molecule has 18 heavy (non-hydrogen) atoms. The summed E-state index contributed by atoms with van der Waals surface area (Å²) in [5.41, 5.74) is 9.23. The number of hydrogen-bond donors (Lipinski definition) is 1. The highest BCUT2D eigenvalue weighted by atomic mass is 15.0. The minimum absolute atomic E-state index is 0.458. The third-order valence-corrected chi connectivity index (χ3v) is 3.09. The molecule has 0 unspecified atom stereocenters. The van der Waals surface area contributed by atoms with Gasteiger partial charge in [0.05, 0.1) is 17.8 Å². The third kappa shape index (κ3) is 1.89. The van der Waals surface area contributed by atoms with Gasteiger partial charge in [0, 0.05) is 12.6 Å². The summed E-state index contributed by atoms with van der Waals surface area (Å²) in [6.45, 7) is 0.458. The maximum atomic E-state index is 5.74. The second-order valence-corrected chi connectivity index (χ2v) is 4.30. The van der Waals surface area contributed by atoms with Crippen molar-refractivity contribution in [2.45, 2.75) is 13.0 Å². The first-order valence-corrected chi connectivity index (χ1v) is 6.07. The monoisotopic (exact) mass is 237 g/mol. The van der Waals surface area contributed by atoms with Crippen molar-refractivity contribution in [2.75, 3.05) is 0 Å². The standard InChI is InChI=1S/C15H15N3/c16-11-15-17-13(10-12-6-2-1-3-7-12)14-8-4-5-9-18(14)15/h1-9H,10-11,16H2. The number of fused-ring (bicyclic) bond motifs is 1. The van der Waals surface area contributed by atoms with Crippen molar-refractivity contribution in [2.24, 2.45) is 5.73 Å². The van der Waals surface area contributed by atoms with Crippen LogP contribution in [0, 0.1) is 0 Å². The van der Waals surface area contributed by atoms with E-state index in [0.717, 1.165) is 23.5 Å². The molecule has 0 atom stereocenters. The van der Waals surface area contributed by atoms with Crippen LogP contribution in [-0.4, -0.2) is 9.38 Å². The average molecular weight is 237 g/mol. The lowest BCUT2D eigenvalue weighted by atomic mass is 10.1. The van der Waals surface area contributed by atoms with Crippen molar-refractivity contribution in [1.82, 2.24) is 9.38 Å². The number of benzene rings is 1. The zero-order valence-corrected chi connectivity index (χ0v) is 10.1. The first kappa shape index (κ1) is 11.0. The predicted octanol–water partition coefficient (Wildman–Crippen LogP) is 2.38. The Morgan fingerprint density at radius 3 is 2.56 bits per heavy atom. The summed E-state index contributed by atoms with van der Waals surface area (Å²) in [5, 5.41) is 0. The van der Waals surface area contributed by atoms with Gasteiger partial charge in [-0.1, -0.05) is 36.4 Å². The van der Waals surface area contributed by atoms with Crippen molar-refractivity contribution in [3.8, 4) is 0 Å². The Balaban J connectivity index is 2.07. The van der Waals surface area contributed by atoms with Gasteiger partial charge in [-0.2, -0.15) is 0 Å². The number of imidazole rings is 1. The Labute approximate surface area is 106 Å². The van der Waals surface area contributed by atoms with Crippen LogP contribution in [0.15, 0.2) is 54.7 Å². The van der Waals surface area contributed by atoms with Crippen LogP contribution in [0.4, 0.5) is 0 Å². The van der Waals surface area contributed by atoms with Gasteiger partial charge in [-0.15, -0.1) is 0 Å². The largest absolute Gasteiger partial charge is 0.324 e. The predicted molar refractivity (Wildman–Crippen MR) is 72.3 cm³/mol. The molecule has 90 valence electrons. The molecule has 3 rings (SSSR count). The normalized spacial score (nSPS) is 10.9. The lowest BCUT2D eigenvalue weighted by Crippen LogP contribution is -2.01. The molecule has 0 saturated heterocycles. The van der Waals surface area contributed by atoms with Gasteiger partial charge in [-0.05, 0) is 17.7 Å². The zero-order valence-electron chi connectivity index (χ0n) is 10.1. The smallest absolute Gasteiger partial charge is 0.127 e. The first-order chi connectivity index (χ1) is 8.88. The summed E-state index contributed by atoms with van der Waals surface area (Å²) in [7, 11) is 0. The number of hydrogen-bond acceptors (Lipinski definition) is 2. The van der Waals surface area contributed by atoms with Crippen molar-refractivity contribution in [1.29, 1.82) is 0 Å². The number of nitrogens with two attached hydrogens (primary N) is 1. The molecule has 0 radical (unpaired) electrons. The number of rotatable bonds is 3. The lowest BCUT2D eigenvalue weighted by Gasteiger charge is -1.99. The Morgan fingerprint density at radius 1 is 1.00 bits per heavy atom.